The topological polar surface area (TPSA) is 101 Å². The maximum Gasteiger partial charge on any atom is 0.221 e. The zero-order chi connectivity index (χ0) is 11.7. The van der Waals surface area contributed by atoms with E-state index in [-0.39, 0.29) is 18.2 Å². The van der Waals surface area contributed by atoms with Gasteiger partial charge in [-0.2, -0.15) is 0 Å². The van der Waals surface area contributed by atoms with Gasteiger partial charge in [-0.15, -0.1) is 0 Å². The first-order valence-corrected chi connectivity index (χ1v) is 6.65. The van der Waals surface area contributed by atoms with Gasteiger partial charge in [-0.25, -0.2) is 13.6 Å². The van der Waals surface area contributed by atoms with E-state index in [4.69, 9.17) is 5.14 Å². The molecule has 0 fully saturated rings. The Kier molecular flexibility index (Phi) is 7.27. The molecule has 0 aromatic heterocycles. The summed E-state index contributed by atoms with van der Waals surface area (Å²) in [4.78, 5) is 11.1. The molecule has 0 unspecified atom stereocenters. The zero-order valence-corrected chi connectivity index (χ0v) is 9.77. The number of nitrogens with two attached hydrogens (primary N) is 1. The van der Waals surface area contributed by atoms with Crippen LogP contribution in [0.2, 0.25) is 0 Å². The summed E-state index contributed by atoms with van der Waals surface area (Å²) in [6.45, 7) is 3.39. The lowest BCUT2D eigenvalue weighted by Crippen LogP contribution is -2.31. The van der Waals surface area contributed by atoms with Crippen molar-refractivity contribution in [1.29, 1.82) is 0 Å². The van der Waals surface area contributed by atoms with Crippen LogP contribution in [0.25, 0.3) is 0 Å². The lowest BCUT2D eigenvalue weighted by molar-refractivity contribution is -0.120. The molecule has 0 atom stereocenters. The predicted octanol–water partition coefficient (Wildman–Crippen LogP) is -1.22. The second kappa shape index (κ2) is 7.61. The number of hydrogen-bond donors (Lipinski definition) is 3. The molecule has 0 aliphatic rings. The maximum absolute atomic E-state index is 11.1. The van der Waals surface area contributed by atoms with E-state index >= 15 is 0 Å². The van der Waals surface area contributed by atoms with Gasteiger partial charge in [0.2, 0.25) is 15.9 Å². The van der Waals surface area contributed by atoms with Gasteiger partial charge in [0, 0.05) is 26.1 Å². The second-order valence-electron chi connectivity index (χ2n) is 3.22. The van der Waals surface area contributed by atoms with Crippen LogP contribution in [-0.2, 0) is 14.8 Å². The standard InChI is InChI=1S/C8H19N3O3S/c1-2-4-11-8(12)3-5-10-6-7-15(9,13)14/h10H,2-7H2,1H3,(H,11,12)(H2,9,13,14). The summed E-state index contributed by atoms with van der Waals surface area (Å²) in [5, 5.41) is 10.3. The Hall–Kier alpha value is -0.660. The van der Waals surface area contributed by atoms with Crippen LogP contribution in [0, 0.1) is 0 Å². The predicted molar refractivity (Wildman–Crippen MR) is 58.8 cm³/mol. The molecule has 0 radical (unpaired) electrons. The molecule has 1 amide bonds. The van der Waals surface area contributed by atoms with Crippen LogP contribution in [-0.4, -0.2) is 39.7 Å². The molecule has 4 N–H and O–H groups in total. The summed E-state index contributed by atoms with van der Waals surface area (Å²) < 4.78 is 21.1. The Labute approximate surface area is 90.7 Å². The third-order valence-corrected chi connectivity index (χ3v) is 2.44. The fraction of sp³-hybridized carbons (Fsp3) is 0.875. The van der Waals surface area contributed by atoms with Crippen molar-refractivity contribution >= 4 is 15.9 Å². The van der Waals surface area contributed by atoms with E-state index in [2.05, 4.69) is 10.6 Å². The minimum absolute atomic E-state index is 0.0278. The van der Waals surface area contributed by atoms with Gasteiger partial charge in [-0.05, 0) is 6.42 Å². The number of sulfonamides is 1. The Morgan fingerprint density at radius 1 is 1.27 bits per heavy atom. The Bertz CT molecular complexity index is 277. The molecule has 0 aliphatic carbocycles. The molecule has 0 aromatic carbocycles. The first-order chi connectivity index (χ1) is 6.95. The van der Waals surface area contributed by atoms with Crippen molar-refractivity contribution in [1.82, 2.24) is 10.6 Å². The highest BCUT2D eigenvalue weighted by Gasteiger charge is 2.02. The zero-order valence-electron chi connectivity index (χ0n) is 8.95. The molecule has 0 heterocycles. The van der Waals surface area contributed by atoms with E-state index < -0.39 is 10.0 Å². The SMILES string of the molecule is CCCNC(=O)CCNCCS(N)(=O)=O. The summed E-state index contributed by atoms with van der Waals surface area (Å²) in [5.41, 5.74) is 0. The first-order valence-electron chi connectivity index (χ1n) is 4.93. The fourth-order valence-electron chi connectivity index (χ4n) is 0.894. The van der Waals surface area contributed by atoms with E-state index in [9.17, 15) is 13.2 Å². The fourth-order valence-corrected chi connectivity index (χ4v) is 1.32. The Morgan fingerprint density at radius 2 is 1.93 bits per heavy atom. The minimum Gasteiger partial charge on any atom is -0.356 e. The van der Waals surface area contributed by atoms with Crippen molar-refractivity contribution in [3.63, 3.8) is 0 Å². The monoisotopic (exact) mass is 237 g/mol. The van der Waals surface area contributed by atoms with Gasteiger partial charge in [0.1, 0.15) is 0 Å². The lowest BCUT2D eigenvalue weighted by atomic mass is 10.4. The summed E-state index contributed by atoms with van der Waals surface area (Å²) >= 11 is 0. The molecule has 7 heteroatoms. The minimum atomic E-state index is -3.40. The van der Waals surface area contributed by atoms with Crippen LogP contribution in [0.15, 0.2) is 0 Å². The number of amides is 1. The average Bonchev–Trinajstić information content (AvgIpc) is 2.12. The first kappa shape index (κ1) is 14.3. The van der Waals surface area contributed by atoms with Crippen LogP contribution in [0.5, 0.6) is 0 Å². The number of carbonyl (C=O) groups excluding carboxylic acids is 1. The molecule has 15 heavy (non-hydrogen) atoms. The number of rotatable bonds is 8. The smallest absolute Gasteiger partial charge is 0.221 e. The Morgan fingerprint density at radius 3 is 2.47 bits per heavy atom. The second-order valence-corrected chi connectivity index (χ2v) is 4.95. The van der Waals surface area contributed by atoms with Gasteiger partial charge >= 0.3 is 0 Å². The van der Waals surface area contributed by atoms with E-state index in [1.54, 1.807) is 0 Å². The molecule has 6 nitrogen and oxygen atoms in total. The molecule has 0 bridgehead atoms. The summed E-state index contributed by atoms with van der Waals surface area (Å²) in [6.07, 6.45) is 1.26. The van der Waals surface area contributed by atoms with Crippen molar-refractivity contribution in [2.75, 3.05) is 25.4 Å². The Balaban J connectivity index is 3.35. The molecule has 0 saturated heterocycles. The van der Waals surface area contributed by atoms with Crippen molar-refractivity contribution in [2.45, 2.75) is 19.8 Å². The van der Waals surface area contributed by atoms with Gasteiger partial charge in [0.15, 0.2) is 0 Å². The maximum atomic E-state index is 11.1. The van der Waals surface area contributed by atoms with E-state index in [0.717, 1.165) is 6.42 Å². The van der Waals surface area contributed by atoms with Gasteiger partial charge in [-0.1, -0.05) is 6.92 Å². The molecule has 0 aliphatic heterocycles. The molecule has 0 rings (SSSR count). The van der Waals surface area contributed by atoms with Gasteiger partial charge in [0.25, 0.3) is 0 Å². The van der Waals surface area contributed by atoms with Crippen LogP contribution in [0.3, 0.4) is 0 Å². The third-order valence-electron chi connectivity index (χ3n) is 1.66. The van der Waals surface area contributed by atoms with E-state index in [0.29, 0.717) is 19.5 Å². The van der Waals surface area contributed by atoms with Crippen LogP contribution in [0.4, 0.5) is 0 Å². The molecule has 0 saturated carbocycles. The molecular formula is C8H19N3O3S. The quantitative estimate of drug-likeness (QED) is 0.461. The highest BCUT2D eigenvalue weighted by atomic mass is 32.2. The third kappa shape index (κ3) is 11.3. The van der Waals surface area contributed by atoms with Gasteiger partial charge in [-0.3, -0.25) is 4.79 Å². The van der Waals surface area contributed by atoms with E-state index in [1.807, 2.05) is 6.92 Å². The van der Waals surface area contributed by atoms with Crippen LogP contribution < -0.4 is 15.8 Å². The molecular weight excluding hydrogens is 218 g/mol. The number of nitrogens with one attached hydrogen (secondary N) is 2. The van der Waals surface area contributed by atoms with Crippen molar-refractivity contribution in [3.8, 4) is 0 Å². The number of primary sulfonamides is 1. The summed E-state index contributed by atoms with van der Waals surface area (Å²) in [5.74, 6) is -0.135. The highest BCUT2D eigenvalue weighted by Crippen LogP contribution is 1.80. The largest absolute Gasteiger partial charge is 0.356 e. The molecule has 0 aromatic rings. The number of carbonyl (C=O) groups is 1. The van der Waals surface area contributed by atoms with Crippen molar-refractivity contribution in [3.05, 3.63) is 0 Å². The van der Waals surface area contributed by atoms with Gasteiger partial charge < -0.3 is 10.6 Å². The summed E-state index contributed by atoms with van der Waals surface area (Å²) in [6, 6.07) is 0. The van der Waals surface area contributed by atoms with Crippen LogP contribution >= 0.6 is 0 Å². The van der Waals surface area contributed by atoms with Crippen LogP contribution in [0.1, 0.15) is 19.8 Å². The lowest BCUT2D eigenvalue weighted by Gasteiger charge is -2.04. The van der Waals surface area contributed by atoms with E-state index in [1.165, 1.54) is 0 Å². The van der Waals surface area contributed by atoms with Crippen molar-refractivity contribution < 1.29 is 13.2 Å². The molecule has 90 valence electrons. The van der Waals surface area contributed by atoms with Gasteiger partial charge in [0.05, 0.1) is 5.75 Å². The van der Waals surface area contributed by atoms with Crippen molar-refractivity contribution in [2.24, 2.45) is 5.14 Å². The normalized spacial score (nSPS) is 11.3. The highest BCUT2D eigenvalue weighted by molar-refractivity contribution is 7.89. The summed E-state index contributed by atoms with van der Waals surface area (Å²) in [7, 11) is -3.40. The number of hydrogen-bond acceptors (Lipinski definition) is 4. The average molecular weight is 237 g/mol. The molecule has 0 spiro atoms.